The van der Waals surface area contributed by atoms with E-state index in [1.54, 1.807) is 25.2 Å². The van der Waals surface area contributed by atoms with Crippen molar-refractivity contribution in [3.05, 3.63) is 24.3 Å². The number of rotatable bonds is 6. The van der Waals surface area contributed by atoms with Gasteiger partial charge >= 0.3 is 5.97 Å². The molecule has 1 aliphatic heterocycles. The highest BCUT2D eigenvalue weighted by Crippen LogP contribution is 2.14. The number of hydrogen-bond donors (Lipinski definition) is 0. The van der Waals surface area contributed by atoms with Crippen molar-refractivity contribution < 1.29 is 23.8 Å². The molecule has 94 valence electrons. The van der Waals surface area contributed by atoms with Gasteiger partial charge in [-0.3, -0.25) is 4.79 Å². The highest BCUT2D eigenvalue weighted by Gasteiger charge is 2.22. The van der Waals surface area contributed by atoms with Crippen LogP contribution in [0.1, 0.15) is 13.3 Å². The highest BCUT2D eigenvalue weighted by molar-refractivity contribution is 5.83. The average molecular weight is 240 g/mol. The van der Waals surface area contributed by atoms with E-state index < -0.39 is 5.60 Å². The molecule has 0 aliphatic carbocycles. The van der Waals surface area contributed by atoms with Gasteiger partial charge in [0.05, 0.1) is 0 Å². The van der Waals surface area contributed by atoms with Crippen LogP contribution in [0.15, 0.2) is 24.3 Å². The number of ether oxygens (including phenoxy) is 3. The van der Waals surface area contributed by atoms with E-state index in [0.29, 0.717) is 12.7 Å². The second-order valence-corrected chi connectivity index (χ2v) is 3.83. The zero-order valence-electron chi connectivity index (χ0n) is 9.92. The molecule has 5 heteroatoms. The molecule has 0 saturated heterocycles. The van der Waals surface area contributed by atoms with Gasteiger partial charge in [0.15, 0.2) is 6.29 Å². The maximum atomic E-state index is 11.0. The first-order valence-corrected chi connectivity index (χ1v) is 5.25. The summed E-state index contributed by atoms with van der Waals surface area (Å²) in [4.78, 5) is 21.9. The molecule has 0 radical (unpaired) electrons. The summed E-state index contributed by atoms with van der Waals surface area (Å²) in [6.45, 7) is 1.62. The summed E-state index contributed by atoms with van der Waals surface area (Å²) >= 11 is 0. The molecule has 0 N–H and O–H groups in total. The van der Waals surface area contributed by atoms with Gasteiger partial charge in [-0.05, 0) is 19.1 Å². The van der Waals surface area contributed by atoms with E-state index in [-0.39, 0.29) is 18.9 Å². The van der Waals surface area contributed by atoms with Crippen molar-refractivity contribution >= 4 is 12.3 Å². The van der Waals surface area contributed by atoms with E-state index in [4.69, 9.17) is 14.2 Å². The molecule has 1 rings (SSSR count). The Labute approximate surface area is 100 Å². The fourth-order valence-corrected chi connectivity index (χ4v) is 1.26. The van der Waals surface area contributed by atoms with Crippen LogP contribution in [-0.2, 0) is 23.8 Å². The molecule has 0 spiro atoms. The third kappa shape index (κ3) is 4.50. The summed E-state index contributed by atoms with van der Waals surface area (Å²) in [7, 11) is 1.47. The normalized spacial score (nSPS) is 23.4. The quantitative estimate of drug-likeness (QED) is 0.300. The van der Waals surface area contributed by atoms with Gasteiger partial charge in [0.25, 0.3) is 0 Å². The highest BCUT2D eigenvalue weighted by atomic mass is 16.7. The van der Waals surface area contributed by atoms with Crippen LogP contribution in [0, 0.1) is 0 Å². The van der Waals surface area contributed by atoms with Crippen LogP contribution in [0.25, 0.3) is 0 Å². The molecule has 0 amide bonds. The van der Waals surface area contributed by atoms with Crippen LogP contribution in [0.2, 0.25) is 0 Å². The predicted octanol–water partition coefficient (Wildman–Crippen LogP) is 0.992. The maximum Gasteiger partial charge on any atom is 0.331 e. The van der Waals surface area contributed by atoms with Crippen molar-refractivity contribution in [3.8, 4) is 0 Å². The number of esters is 1. The van der Waals surface area contributed by atoms with Gasteiger partial charge in [-0.25, -0.2) is 4.79 Å². The molecule has 0 aromatic rings. The minimum atomic E-state index is -1.07. The van der Waals surface area contributed by atoms with Gasteiger partial charge in [-0.15, -0.1) is 0 Å². The summed E-state index contributed by atoms with van der Waals surface area (Å²) in [6, 6.07) is 0. The maximum absolute atomic E-state index is 11.0. The van der Waals surface area contributed by atoms with Crippen molar-refractivity contribution in [3.63, 3.8) is 0 Å². The van der Waals surface area contributed by atoms with Gasteiger partial charge in [0.1, 0.15) is 18.5 Å². The lowest BCUT2D eigenvalue weighted by Crippen LogP contribution is -2.30. The van der Waals surface area contributed by atoms with Crippen molar-refractivity contribution in [2.24, 2.45) is 0 Å². The minimum Gasteiger partial charge on any atom is -0.455 e. The molecular weight excluding hydrogens is 224 g/mol. The number of methoxy groups -OCH3 is 1. The van der Waals surface area contributed by atoms with Gasteiger partial charge in [-0.2, -0.15) is 0 Å². The number of cyclic esters (lactones) is 1. The topological polar surface area (TPSA) is 61.8 Å². The molecule has 1 heterocycles. The molecule has 5 nitrogen and oxygen atoms in total. The van der Waals surface area contributed by atoms with Crippen molar-refractivity contribution in [1.29, 1.82) is 0 Å². The van der Waals surface area contributed by atoms with Crippen molar-refractivity contribution in [2.45, 2.75) is 25.0 Å². The molecule has 0 fully saturated rings. The Balaban J connectivity index is 2.57. The number of carbonyl (C=O) groups is 2. The minimum absolute atomic E-state index is 0.0178. The van der Waals surface area contributed by atoms with Gasteiger partial charge in [-0.1, -0.05) is 6.08 Å². The van der Waals surface area contributed by atoms with E-state index in [1.807, 2.05) is 0 Å². The zero-order chi connectivity index (χ0) is 12.7. The summed E-state index contributed by atoms with van der Waals surface area (Å²) < 4.78 is 15.0. The summed E-state index contributed by atoms with van der Waals surface area (Å²) in [6.07, 6.45) is 7.24. The second-order valence-electron chi connectivity index (χ2n) is 3.83. The predicted molar refractivity (Wildman–Crippen MR) is 60.2 cm³/mol. The first-order chi connectivity index (χ1) is 8.09. The molecule has 2 atom stereocenters. The fraction of sp³-hybridized carbons (Fsp3) is 0.500. The number of carbonyl (C=O) groups excluding carboxylic acids is 2. The first kappa shape index (κ1) is 13.6. The van der Waals surface area contributed by atoms with E-state index in [2.05, 4.69) is 0 Å². The van der Waals surface area contributed by atoms with Crippen LogP contribution in [0.5, 0.6) is 0 Å². The molecule has 0 unspecified atom stereocenters. The lowest BCUT2D eigenvalue weighted by molar-refractivity contribution is -0.142. The van der Waals surface area contributed by atoms with E-state index in [9.17, 15) is 9.59 Å². The summed E-state index contributed by atoms with van der Waals surface area (Å²) in [5, 5.41) is 0. The largest absolute Gasteiger partial charge is 0.455 e. The lowest BCUT2D eigenvalue weighted by atomic mass is 10.1. The SMILES string of the molecule is COCO[C@@](C)(C=O)/C=C/[C@H]1CC=CC(=O)O1. The van der Waals surface area contributed by atoms with Gasteiger partial charge in [0, 0.05) is 19.6 Å². The molecule has 0 aromatic carbocycles. The fourth-order valence-electron chi connectivity index (χ4n) is 1.26. The first-order valence-electron chi connectivity index (χ1n) is 5.25. The molecule has 1 aliphatic rings. The van der Waals surface area contributed by atoms with E-state index >= 15 is 0 Å². The second kappa shape index (κ2) is 6.32. The Morgan fingerprint density at radius 3 is 3.00 bits per heavy atom. The lowest BCUT2D eigenvalue weighted by Gasteiger charge is -2.21. The third-order valence-electron chi connectivity index (χ3n) is 2.25. The Kier molecular flexibility index (Phi) is 5.06. The van der Waals surface area contributed by atoms with Crippen molar-refractivity contribution in [2.75, 3.05) is 13.9 Å². The molecule has 0 bridgehead atoms. The third-order valence-corrected chi connectivity index (χ3v) is 2.25. The molecule has 0 saturated carbocycles. The molecule has 17 heavy (non-hydrogen) atoms. The van der Waals surface area contributed by atoms with Crippen LogP contribution in [-0.4, -0.2) is 37.9 Å². The van der Waals surface area contributed by atoms with Crippen molar-refractivity contribution in [1.82, 2.24) is 0 Å². The van der Waals surface area contributed by atoms with E-state index in [1.165, 1.54) is 13.2 Å². The van der Waals surface area contributed by atoms with Crippen LogP contribution >= 0.6 is 0 Å². The Morgan fingerprint density at radius 2 is 2.41 bits per heavy atom. The van der Waals surface area contributed by atoms with E-state index in [0.717, 1.165) is 0 Å². The van der Waals surface area contributed by atoms with Gasteiger partial charge in [0.2, 0.25) is 0 Å². The molecule has 0 aromatic heterocycles. The standard InChI is InChI=1S/C12H16O5/c1-12(8-13,16-9-15-2)7-6-10-4-3-5-11(14)17-10/h3,5-8,10H,4,9H2,1-2H3/b7-6+/t10-,12-/m1/s1. The Hall–Kier alpha value is -1.46. The monoisotopic (exact) mass is 240 g/mol. The van der Waals surface area contributed by atoms with Crippen LogP contribution in [0.4, 0.5) is 0 Å². The van der Waals surface area contributed by atoms with Gasteiger partial charge < -0.3 is 14.2 Å². The smallest absolute Gasteiger partial charge is 0.331 e. The number of aldehydes is 1. The number of hydrogen-bond acceptors (Lipinski definition) is 5. The summed E-state index contributed by atoms with van der Waals surface area (Å²) in [5.41, 5.74) is -1.07. The zero-order valence-corrected chi connectivity index (χ0v) is 9.92. The Bertz CT molecular complexity index is 334. The van der Waals surface area contributed by atoms with Crippen LogP contribution < -0.4 is 0 Å². The Morgan fingerprint density at radius 1 is 1.65 bits per heavy atom. The average Bonchev–Trinajstić information content (AvgIpc) is 2.34. The molecular formula is C12H16O5. The van der Waals surface area contributed by atoms with Crippen LogP contribution in [0.3, 0.4) is 0 Å². The summed E-state index contributed by atoms with van der Waals surface area (Å²) in [5.74, 6) is -0.378.